The van der Waals surface area contributed by atoms with E-state index >= 15 is 0 Å². The molecule has 0 spiro atoms. The molecule has 0 radical (unpaired) electrons. The van der Waals surface area contributed by atoms with Gasteiger partial charge in [-0.3, -0.25) is 13.6 Å². The Morgan fingerprint density at radius 2 is 1.25 bits per heavy atom. The number of hydrogen-bond acceptors (Lipinski definition) is 3. The van der Waals surface area contributed by atoms with Crippen molar-refractivity contribution in [3.8, 4) is 0 Å². The number of carbonyl (C=O) groups excluding carboxylic acids is 2. The van der Waals surface area contributed by atoms with Crippen molar-refractivity contribution in [1.29, 1.82) is 0 Å². The van der Waals surface area contributed by atoms with Gasteiger partial charge in [-0.25, -0.2) is 0 Å². The number of hydrogen-bond donors (Lipinski definition) is 0. The van der Waals surface area contributed by atoms with Gasteiger partial charge >= 0.3 is 19.5 Å². The van der Waals surface area contributed by atoms with Crippen LogP contribution in [0, 0.1) is 12.5 Å². The van der Waals surface area contributed by atoms with Crippen LogP contribution in [0.5, 0.6) is 0 Å². The van der Waals surface area contributed by atoms with Gasteiger partial charge in [0.15, 0.2) is 0 Å². The minimum Gasteiger partial charge on any atom is -0.545 e. The smallest absolute Gasteiger partial charge is 0.545 e. The van der Waals surface area contributed by atoms with Gasteiger partial charge in [0.2, 0.25) is 0 Å². The van der Waals surface area contributed by atoms with E-state index in [1.807, 2.05) is 13.8 Å². The Morgan fingerprint density at radius 3 is 1.25 bits per heavy atom. The van der Waals surface area contributed by atoms with Gasteiger partial charge in [-0.15, -0.1) is 5.01 Å². The van der Waals surface area contributed by atoms with Crippen molar-refractivity contribution in [2.24, 2.45) is 0 Å². The fourth-order valence-electron chi connectivity index (χ4n) is 0.365. The Morgan fingerprint density at radius 1 is 1.06 bits per heavy atom. The first-order valence-electron chi connectivity index (χ1n) is 4.44. The van der Waals surface area contributed by atoms with E-state index in [-0.39, 0.29) is 19.5 Å². The third-order valence-electron chi connectivity index (χ3n) is 0.871. The molecule has 0 bridgehead atoms. The Labute approximate surface area is 113 Å². The van der Waals surface area contributed by atoms with Crippen molar-refractivity contribution in [3.05, 3.63) is 17.4 Å². The molecular formula is C11H21N2O2Ru+. The first kappa shape index (κ1) is 29.5. The molecular weight excluding hydrogens is 293 g/mol. The molecule has 0 unspecified atom stereocenters. The molecule has 0 aromatic heterocycles. The maximum Gasteiger partial charge on any atom is 4.00 e. The summed E-state index contributed by atoms with van der Waals surface area (Å²) in [6.07, 6.45) is 0. The van der Waals surface area contributed by atoms with Crippen LogP contribution < -0.4 is 0 Å². The molecule has 0 heterocycles. The van der Waals surface area contributed by atoms with Crippen molar-refractivity contribution in [1.82, 2.24) is 5.01 Å². The third kappa shape index (κ3) is 72.1. The van der Waals surface area contributed by atoms with Gasteiger partial charge in [0.1, 0.15) is 0 Å². The molecule has 0 aliphatic carbocycles. The van der Waals surface area contributed by atoms with Gasteiger partial charge in [-0.05, 0) is 13.8 Å². The van der Waals surface area contributed by atoms with E-state index in [2.05, 4.69) is 39.3 Å². The van der Waals surface area contributed by atoms with E-state index in [4.69, 9.17) is 16.2 Å². The van der Waals surface area contributed by atoms with Crippen LogP contribution in [0.1, 0.15) is 34.6 Å². The summed E-state index contributed by atoms with van der Waals surface area (Å²) in [4.78, 5) is 18.7. The molecule has 0 aromatic rings. The van der Waals surface area contributed by atoms with Crippen molar-refractivity contribution < 1.29 is 29.1 Å². The molecule has 0 amide bonds. The quantitative estimate of drug-likeness (QED) is 0.340. The molecule has 0 N–H and O–H groups in total. The molecule has 0 saturated heterocycles. The van der Waals surface area contributed by atoms with Crippen LogP contribution in [0.15, 0.2) is 0 Å². The fraction of sp³-hybridized carbons (Fsp3) is 0.636. The minimum absolute atomic E-state index is 0. The topological polar surface area (TPSA) is 41.7 Å². The molecule has 0 rings (SSSR count). The fourth-order valence-corrected chi connectivity index (χ4v) is 0.365. The van der Waals surface area contributed by atoms with Crippen LogP contribution >= 0.6 is 0 Å². The van der Waals surface area contributed by atoms with Crippen LogP contribution in [0.3, 0.4) is 0 Å². The van der Waals surface area contributed by atoms with E-state index in [1.165, 1.54) is 5.92 Å². The summed E-state index contributed by atoms with van der Waals surface area (Å²) in [6, 6.07) is 0. The Bertz CT molecular complexity index is 130. The average Bonchev–Trinajstić information content (AvgIpc) is 2.25. The average molecular weight is 314 g/mol. The summed E-state index contributed by atoms with van der Waals surface area (Å²) in [5, 5.41) is 1.67. The summed E-state index contributed by atoms with van der Waals surface area (Å²) in [7, 11) is 0. The molecule has 16 heavy (non-hydrogen) atoms. The number of rotatable bonds is 2. The minimum atomic E-state index is 0. The molecule has 5 heteroatoms. The Kier molecular flexibility index (Phi) is 67.7. The molecule has 4 nitrogen and oxygen atoms in total. The third-order valence-corrected chi connectivity index (χ3v) is 0.871. The second-order valence-electron chi connectivity index (χ2n) is 2.74. The first-order valence-corrected chi connectivity index (χ1v) is 4.44. The zero-order chi connectivity index (χ0) is 13.3. The van der Waals surface area contributed by atoms with Crippen LogP contribution in [0.4, 0.5) is 0 Å². The van der Waals surface area contributed by atoms with Gasteiger partial charge in [0, 0.05) is 0 Å². The summed E-state index contributed by atoms with van der Waals surface area (Å²) < 4.78 is 0. The van der Waals surface area contributed by atoms with Crippen LogP contribution in [0.25, 0.3) is 4.95 Å². The van der Waals surface area contributed by atoms with Gasteiger partial charge in [0.05, 0.1) is 13.1 Å². The first-order chi connectivity index (χ1) is 7.08. The van der Waals surface area contributed by atoms with Gasteiger partial charge in [0.25, 0.3) is 0 Å². The van der Waals surface area contributed by atoms with Crippen molar-refractivity contribution in [2.45, 2.75) is 34.6 Å². The summed E-state index contributed by atoms with van der Waals surface area (Å²) >= 11 is 0. The zero-order valence-corrected chi connectivity index (χ0v) is 12.4. The summed E-state index contributed by atoms with van der Waals surface area (Å²) in [5.41, 5.74) is 0. The van der Waals surface area contributed by atoms with Crippen molar-refractivity contribution in [2.75, 3.05) is 13.1 Å². The van der Waals surface area contributed by atoms with E-state index in [0.29, 0.717) is 0 Å². The molecule has 0 aliphatic heterocycles. The monoisotopic (exact) mass is 315 g/mol. The van der Waals surface area contributed by atoms with E-state index in [0.717, 1.165) is 13.1 Å². The predicted octanol–water partition coefficient (Wildman–Crippen LogP) is 2.23. The largest absolute Gasteiger partial charge is 4.00 e. The Balaban J connectivity index is -0.0000000388. The molecule has 0 atom stereocenters. The van der Waals surface area contributed by atoms with E-state index < -0.39 is 0 Å². The van der Waals surface area contributed by atoms with E-state index in [1.54, 1.807) is 5.01 Å². The zero-order valence-electron chi connectivity index (χ0n) is 10.6. The van der Waals surface area contributed by atoms with Crippen LogP contribution in [-0.4, -0.2) is 31.7 Å². The van der Waals surface area contributed by atoms with E-state index in [9.17, 15) is 0 Å². The van der Waals surface area contributed by atoms with Gasteiger partial charge in [-0.1, -0.05) is 0 Å². The standard InChI is InChI=1S/C5H10N2.C4H9.2CHO.Ru/c1-4-7(5-2)6-3;1-4(2)3;2*1-2;/h4-5H2,1-2H3;1-3H3;2*1H;/q;3*-1;+4. The summed E-state index contributed by atoms with van der Waals surface area (Å²) in [5.74, 6) is 1.42. The van der Waals surface area contributed by atoms with Crippen LogP contribution in [-0.2, 0) is 29.1 Å². The second kappa shape index (κ2) is 36.8. The second-order valence-corrected chi connectivity index (χ2v) is 2.74. The van der Waals surface area contributed by atoms with Gasteiger partial charge in [-0.2, -0.15) is 32.3 Å². The summed E-state index contributed by atoms with van der Waals surface area (Å²) in [6.45, 7) is 24.9. The van der Waals surface area contributed by atoms with Crippen molar-refractivity contribution >= 4 is 13.6 Å². The molecule has 0 aromatic carbocycles. The number of nitrogens with zero attached hydrogens (tertiary/aromatic N) is 2. The van der Waals surface area contributed by atoms with Gasteiger partial charge < -0.3 is 15.5 Å². The normalized spacial score (nSPS) is 6.06. The van der Waals surface area contributed by atoms with Crippen molar-refractivity contribution in [3.63, 3.8) is 0 Å². The molecule has 94 valence electrons. The molecule has 0 aliphatic rings. The Hall–Kier alpha value is -0.747. The maximum absolute atomic E-state index is 7.75. The SMILES string of the molecule is C[C-](C)C.[C-]#[N+]N(CC)CC.[CH-]=O.[CH-]=O.[Ru+4]. The van der Waals surface area contributed by atoms with Crippen LogP contribution in [0.2, 0.25) is 0 Å². The molecule has 0 saturated carbocycles. The predicted molar refractivity (Wildman–Crippen MR) is 63.3 cm³/mol. The maximum atomic E-state index is 7.75. The molecule has 0 fully saturated rings.